The summed E-state index contributed by atoms with van der Waals surface area (Å²) in [6, 6.07) is 0. The monoisotopic (exact) mass is 268 g/mol. The van der Waals surface area contributed by atoms with E-state index in [2.05, 4.69) is 0 Å². The average molecular weight is 268 g/mol. The molecule has 0 aromatic carbocycles. The Kier molecular flexibility index (Phi) is 3.81. The van der Waals surface area contributed by atoms with Crippen LogP contribution in [0.4, 0.5) is 0 Å². The number of hydrogen-bond acceptors (Lipinski definition) is 5. The predicted molar refractivity (Wildman–Crippen MR) is 61.7 cm³/mol. The molecule has 94 valence electrons. The Morgan fingerprint density at radius 1 is 1.19 bits per heavy atom. The number of sulfone groups is 2. The fourth-order valence-corrected chi connectivity index (χ4v) is 5.40. The maximum atomic E-state index is 11.5. The Bertz CT molecular complexity index is 486. The molecular formula is C9H16O5S2. The summed E-state index contributed by atoms with van der Waals surface area (Å²) in [6.07, 6.45) is 3.97. The van der Waals surface area contributed by atoms with E-state index in [1.165, 1.54) is 0 Å². The predicted octanol–water partition coefficient (Wildman–Crippen LogP) is -0.475. The molecule has 0 aromatic heterocycles. The molecule has 1 rings (SSSR count). The summed E-state index contributed by atoms with van der Waals surface area (Å²) >= 11 is 0. The average Bonchev–Trinajstić information content (AvgIpc) is 2.14. The van der Waals surface area contributed by atoms with Crippen molar-refractivity contribution in [3.05, 3.63) is 11.6 Å². The van der Waals surface area contributed by atoms with E-state index in [0.29, 0.717) is 5.57 Å². The van der Waals surface area contributed by atoms with E-state index in [1.807, 2.05) is 0 Å². The highest BCUT2D eigenvalue weighted by atomic mass is 32.2. The zero-order valence-electron chi connectivity index (χ0n) is 9.25. The quantitative estimate of drug-likeness (QED) is 0.699. The summed E-state index contributed by atoms with van der Waals surface area (Å²) in [5.74, 6) is 0. The SMILES string of the molecule is CS(=O)(=O)[C@@H]1CC(CO)=CC[C@@H]1S(C)(=O)=O. The van der Waals surface area contributed by atoms with Gasteiger partial charge in [-0.3, -0.25) is 0 Å². The van der Waals surface area contributed by atoms with E-state index in [4.69, 9.17) is 5.11 Å². The lowest BCUT2D eigenvalue weighted by Gasteiger charge is -2.28. The maximum Gasteiger partial charge on any atom is 0.151 e. The Morgan fingerprint density at radius 3 is 2.06 bits per heavy atom. The molecule has 0 saturated heterocycles. The lowest BCUT2D eigenvalue weighted by Crippen LogP contribution is -2.41. The zero-order valence-corrected chi connectivity index (χ0v) is 10.9. The van der Waals surface area contributed by atoms with E-state index >= 15 is 0 Å². The largest absolute Gasteiger partial charge is 0.392 e. The van der Waals surface area contributed by atoms with Crippen molar-refractivity contribution in [2.24, 2.45) is 0 Å². The molecule has 0 aromatic rings. The van der Waals surface area contributed by atoms with Crippen molar-refractivity contribution >= 4 is 19.7 Å². The van der Waals surface area contributed by atoms with Crippen LogP contribution in [0.15, 0.2) is 11.6 Å². The van der Waals surface area contributed by atoms with Gasteiger partial charge >= 0.3 is 0 Å². The molecule has 0 radical (unpaired) electrons. The van der Waals surface area contributed by atoms with Gasteiger partial charge in [0, 0.05) is 12.5 Å². The molecule has 0 saturated carbocycles. The molecule has 0 fully saturated rings. The third kappa shape index (κ3) is 3.05. The Morgan fingerprint density at radius 2 is 1.69 bits per heavy atom. The first-order valence-electron chi connectivity index (χ1n) is 4.82. The van der Waals surface area contributed by atoms with Crippen LogP contribution in [0.5, 0.6) is 0 Å². The first kappa shape index (κ1) is 13.7. The minimum Gasteiger partial charge on any atom is -0.392 e. The van der Waals surface area contributed by atoms with Crippen LogP contribution >= 0.6 is 0 Å². The maximum absolute atomic E-state index is 11.5. The third-order valence-electron chi connectivity index (χ3n) is 2.82. The molecule has 0 unspecified atom stereocenters. The lowest BCUT2D eigenvalue weighted by atomic mass is 9.99. The van der Waals surface area contributed by atoms with Gasteiger partial charge in [0.15, 0.2) is 19.7 Å². The Balaban J connectivity index is 3.15. The summed E-state index contributed by atoms with van der Waals surface area (Å²) in [4.78, 5) is 0. The number of aliphatic hydroxyl groups is 1. The van der Waals surface area contributed by atoms with Crippen molar-refractivity contribution < 1.29 is 21.9 Å². The fraction of sp³-hybridized carbons (Fsp3) is 0.778. The second kappa shape index (κ2) is 4.46. The van der Waals surface area contributed by atoms with Crippen molar-refractivity contribution in [2.75, 3.05) is 19.1 Å². The van der Waals surface area contributed by atoms with Gasteiger partial charge in [0.05, 0.1) is 17.1 Å². The zero-order chi connectivity index (χ0) is 12.6. The van der Waals surface area contributed by atoms with Gasteiger partial charge in [-0.1, -0.05) is 6.08 Å². The molecule has 16 heavy (non-hydrogen) atoms. The van der Waals surface area contributed by atoms with Gasteiger partial charge in [-0.2, -0.15) is 0 Å². The number of hydrogen-bond donors (Lipinski definition) is 1. The van der Waals surface area contributed by atoms with E-state index in [0.717, 1.165) is 12.5 Å². The minimum absolute atomic E-state index is 0.104. The van der Waals surface area contributed by atoms with E-state index < -0.39 is 30.2 Å². The van der Waals surface area contributed by atoms with E-state index in [9.17, 15) is 16.8 Å². The second-order valence-electron chi connectivity index (χ2n) is 4.20. The van der Waals surface area contributed by atoms with E-state index in [1.54, 1.807) is 6.08 Å². The molecule has 1 N–H and O–H groups in total. The summed E-state index contributed by atoms with van der Waals surface area (Å²) < 4.78 is 46.0. The standard InChI is InChI=1S/C9H16O5S2/c1-15(11,12)8-4-3-7(6-10)5-9(8)16(2,13)14/h3,8-10H,4-6H2,1-2H3/t8-,9+/m0/s1. The summed E-state index contributed by atoms with van der Waals surface area (Å²) in [5.41, 5.74) is 0.593. The smallest absolute Gasteiger partial charge is 0.151 e. The van der Waals surface area contributed by atoms with Crippen LogP contribution in [-0.4, -0.2) is 51.6 Å². The molecule has 0 spiro atoms. The first-order chi connectivity index (χ1) is 7.16. The van der Waals surface area contributed by atoms with Gasteiger partial charge in [-0.25, -0.2) is 16.8 Å². The number of rotatable bonds is 3. The lowest BCUT2D eigenvalue weighted by molar-refractivity contribution is 0.323. The number of aliphatic hydroxyl groups excluding tert-OH is 1. The normalized spacial score (nSPS) is 27.6. The van der Waals surface area contributed by atoms with Gasteiger partial charge in [0.1, 0.15) is 0 Å². The van der Waals surface area contributed by atoms with Gasteiger partial charge in [0.2, 0.25) is 0 Å². The Labute approximate surface area is 96.0 Å². The van der Waals surface area contributed by atoms with Crippen LogP contribution in [0, 0.1) is 0 Å². The van der Waals surface area contributed by atoms with E-state index in [-0.39, 0.29) is 19.4 Å². The van der Waals surface area contributed by atoms with Gasteiger partial charge < -0.3 is 5.11 Å². The summed E-state index contributed by atoms with van der Waals surface area (Å²) in [6.45, 7) is -0.220. The topological polar surface area (TPSA) is 88.5 Å². The van der Waals surface area contributed by atoms with Crippen molar-refractivity contribution in [3.63, 3.8) is 0 Å². The highest BCUT2D eigenvalue weighted by Crippen LogP contribution is 2.28. The molecule has 2 atom stereocenters. The highest BCUT2D eigenvalue weighted by Gasteiger charge is 2.39. The van der Waals surface area contributed by atoms with Crippen LogP contribution in [0.25, 0.3) is 0 Å². The first-order valence-corrected chi connectivity index (χ1v) is 8.73. The van der Waals surface area contributed by atoms with Crippen molar-refractivity contribution in [1.82, 2.24) is 0 Å². The highest BCUT2D eigenvalue weighted by molar-refractivity contribution is 7.95. The molecule has 0 amide bonds. The molecular weight excluding hydrogens is 252 g/mol. The fourth-order valence-electron chi connectivity index (χ4n) is 1.91. The van der Waals surface area contributed by atoms with Crippen LogP contribution in [0.2, 0.25) is 0 Å². The third-order valence-corrected chi connectivity index (χ3v) is 6.21. The summed E-state index contributed by atoms with van der Waals surface area (Å²) in [7, 11) is -6.83. The van der Waals surface area contributed by atoms with Crippen molar-refractivity contribution in [1.29, 1.82) is 0 Å². The second-order valence-corrected chi connectivity index (χ2v) is 8.73. The number of allylic oxidation sites excluding steroid dienone is 1. The molecule has 0 heterocycles. The molecule has 5 nitrogen and oxygen atoms in total. The van der Waals surface area contributed by atoms with Crippen LogP contribution in [0.1, 0.15) is 12.8 Å². The van der Waals surface area contributed by atoms with Gasteiger partial charge in [-0.15, -0.1) is 0 Å². The van der Waals surface area contributed by atoms with Gasteiger partial charge in [0.25, 0.3) is 0 Å². The molecule has 7 heteroatoms. The molecule has 0 aliphatic heterocycles. The van der Waals surface area contributed by atoms with Crippen molar-refractivity contribution in [2.45, 2.75) is 23.3 Å². The summed E-state index contributed by atoms with van der Waals surface area (Å²) in [5, 5.41) is 7.12. The van der Waals surface area contributed by atoms with Crippen LogP contribution < -0.4 is 0 Å². The Hall–Kier alpha value is -0.400. The van der Waals surface area contributed by atoms with Crippen LogP contribution in [-0.2, 0) is 19.7 Å². The minimum atomic E-state index is -3.43. The van der Waals surface area contributed by atoms with Crippen LogP contribution in [0.3, 0.4) is 0 Å². The van der Waals surface area contributed by atoms with Gasteiger partial charge in [-0.05, 0) is 18.4 Å². The molecule has 1 aliphatic rings. The molecule has 0 bridgehead atoms. The van der Waals surface area contributed by atoms with Crippen molar-refractivity contribution in [3.8, 4) is 0 Å². The molecule has 1 aliphatic carbocycles.